The third-order valence-electron chi connectivity index (χ3n) is 12.3. The van der Waals surface area contributed by atoms with Crippen molar-refractivity contribution in [2.45, 2.75) is 83.3 Å². The van der Waals surface area contributed by atoms with Crippen molar-refractivity contribution < 1.29 is 0 Å². The Labute approximate surface area is 347 Å². The molecule has 0 bridgehead atoms. The van der Waals surface area contributed by atoms with Crippen molar-refractivity contribution in [3.05, 3.63) is 109 Å². The minimum absolute atomic E-state index is 0.111. The minimum atomic E-state index is 0.111. The van der Waals surface area contributed by atoms with E-state index < -0.39 is 0 Å². The van der Waals surface area contributed by atoms with E-state index in [1.165, 1.54) is 45.9 Å². The van der Waals surface area contributed by atoms with Crippen molar-refractivity contribution in [2.24, 2.45) is 14.1 Å². The third kappa shape index (κ3) is 8.16. The molecule has 4 aromatic carbocycles. The van der Waals surface area contributed by atoms with Gasteiger partial charge < -0.3 is 15.5 Å². The van der Waals surface area contributed by atoms with Crippen molar-refractivity contribution in [1.82, 2.24) is 45.1 Å². The summed E-state index contributed by atoms with van der Waals surface area (Å²) in [6.07, 6.45) is 10.7. The average molecular weight is 785 g/mol. The standard InChI is InChI=1S/C28H35N5.C21H21N5/c1-18-12-21(14-22-17-32(6)30-26(18)22)19-8-10-24-20(13-19)9-11-25(29-24)33(7)23-15-27(2,3)31-28(4,5)16-23;1-26-13-18-11-16(3-5-20(18)25-26)21-23-12-17-10-15(2-4-19(17)24-21)14-6-8-22-9-7-14/h8-14,17,23,31H,15-16H2,1-7H3;2-5,10-14,22H,6-9H2,1H3. The maximum absolute atomic E-state index is 5.04. The molecule has 2 aliphatic rings. The lowest BCUT2D eigenvalue weighted by atomic mass is 9.79. The number of hydrogen-bond acceptors (Lipinski definition) is 8. The molecule has 10 heteroatoms. The monoisotopic (exact) mass is 784 g/mol. The SMILES string of the molecule is Cc1cc(-c2ccc3nc(N(C)C4CC(C)(C)NC(C)(C)C4)ccc3c2)cc2cn(C)nc12.Cn1cc2cc(-c3ncc4cc(C5CCNCC5)ccc4n3)ccc2n1. The van der Waals surface area contributed by atoms with Crippen LogP contribution in [0.25, 0.3) is 66.1 Å². The molecule has 2 fully saturated rings. The van der Waals surface area contributed by atoms with Crippen molar-refractivity contribution in [3.63, 3.8) is 0 Å². The molecular formula is C49H56N10. The van der Waals surface area contributed by atoms with Gasteiger partial charge in [-0.3, -0.25) is 9.36 Å². The van der Waals surface area contributed by atoms with Crippen molar-refractivity contribution in [3.8, 4) is 22.5 Å². The van der Waals surface area contributed by atoms with Crippen LogP contribution in [0.3, 0.4) is 0 Å². The van der Waals surface area contributed by atoms with Gasteiger partial charge in [-0.05, 0) is 168 Å². The first-order valence-corrected chi connectivity index (χ1v) is 21.0. The summed E-state index contributed by atoms with van der Waals surface area (Å²) >= 11 is 0. The van der Waals surface area contributed by atoms with E-state index in [1.807, 2.05) is 48.0 Å². The second-order valence-electron chi connectivity index (χ2n) is 18.3. The zero-order chi connectivity index (χ0) is 41.1. The first kappa shape index (κ1) is 38.8. The lowest BCUT2D eigenvalue weighted by molar-refractivity contribution is 0.160. The van der Waals surface area contributed by atoms with E-state index in [-0.39, 0.29) is 11.1 Å². The topological polar surface area (TPSA) is 102 Å². The van der Waals surface area contributed by atoms with Gasteiger partial charge in [-0.2, -0.15) is 10.2 Å². The fourth-order valence-corrected chi connectivity index (χ4v) is 9.70. The van der Waals surface area contributed by atoms with Crippen molar-refractivity contribution >= 4 is 49.4 Å². The van der Waals surface area contributed by atoms with Crippen LogP contribution in [-0.4, -0.2) is 71.8 Å². The highest BCUT2D eigenvalue weighted by atomic mass is 15.3. The molecule has 2 saturated heterocycles. The Morgan fingerprint density at radius 1 is 0.661 bits per heavy atom. The van der Waals surface area contributed by atoms with Crippen LogP contribution in [-0.2, 0) is 14.1 Å². The van der Waals surface area contributed by atoms with Gasteiger partial charge in [0.2, 0.25) is 0 Å². The summed E-state index contributed by atoms with van der Waals surface area (Å²) in [6.45, 7) is 13.5. The number of anilines is 1. The molecule has 10 nitrogen and oxygen atoms in total. The summed E-state index contributed by atoms with van der Waals surface area (Å²) in [7, 11) is 6.10. The first-order chi connectivity index (χ1) is 28.3. The molecule has 8 aromatic rings. The van der Waals surface area contributed by atoms with Gasteiger partial charge in [0.1, 0.15) is 5.82 Å². The van der Waals surface area contributed by atoms with Crippen LogP contribution in [0.5, 0.6) is 0 Å². The van der Waals surface area contributed by atoms with Gasteiger partial charge in [0.15, 0.2) is 5.82 Å². The number of hydrogen-bond donors (Lipinski definition) is 2. The fraction of sp³-hybridized carbons (Fsp3) is 0.367. The fourth-order valence-electron chi connectivity index (χ4n) is 9.70. The van der Waals surface area contributed by atoms with Crippen LogP contribution < -0.4 is 15.5 Å². The maximum atomic E-state index is 5.04. The number of aromatic nitrogens is 7. The number of aryl methyl sites for hydroxylation is 3. The number of fused-ring (bicyclic) bond motifs is 4. The van der Waals surface area contributed by atoms with Crippen LogP contribution in [0.4, 0.5) is 5.82 Å². The molecule has 302 valence electrons. The lowest BCUT2D eigenvalue weighted by Gasteiger charge is -2.49. The molecule has 0 aliphatic carbocycles. The molecule has 0 unspecified atom stereocenters. The average Bonchev–Trinajstić information content (AvgIpc) is 3.79. The van der Waals surface area contributed by atoms with Crippen LogP contribution >= 0.6 is 0 Å². The molecule has 6 heterocycles. The molecule has 2 aliphatic heterocycles. The summed E-state index contributed by atoms with van der Waals surface area (Å²) < 4.78 is 3.71. The second kappa shape index (κ2) is 15.1. The maximum Gasteiger partial charge on any atom is 0.159 e. The number of nitrogens with one attached hydrogen (secondary N) is 2. The van der Waals surface area contributed by atoms with E-state index in [2.05, 4.69) is 145 Å². The Morgan fingerprint density at radius 3 is 2.12 bits per heavy atom. The number of nitrogens with zero attached hydrogens (tertiary/aromatic N) is 8. The quantitative estimate of drug-likeness (QED) is 0.178. The van der Waals surface area contributed by atoms with Crippen molar-refractivity contribution in [1.29, 1.82) is 0 Å². The molecule has 0 atom stereocenters. The second-order valence-corrected chi connectivity index (χ2v) is 18.3. The lowest BCUT2D eigenvalue weighted by Crippen LogP contribution is -2.62. The minimum Gasteiger partial charge on any atom is -0.357 e. The summed E-state index contributed by atoms with van der Waals surface area (Å²) in [5.74, 6) is 2.45. The van der Waals surface area contributed by atoms with E-state index in [0.717, 1.165) is 76.0 Å². The first-order valence-electron chi connectivity index (χ1n) is 21.0. The number of rotatable bonds is 5. The number of benzene rings is 4. The summed E-state index contributed by atoms with van der Waals surface area (Å²) in [6, 6.07) is 28.7. The highest BCUT2D eigenvalue weighted by Gasteiger charge is 2.39. The molecular weight excluding hydrogens is 729 g/mol. The smallest absolute Gasteiger partial charge is 0.159 e. The van der Waals surface area contributed by atoms with Gasteiger partial charge >= 0.3 is 0 Å². The zero-order valence-corrected chi connectivity index (χ0v) is 35.7. The van der Waals surface area contributed by atoms with Gasteiger partial charge in [0, 0.05) is 84.0 Å². The summed E-state index contributed by atoms with van der Waals surface area (Å²) in [5, 5.41) is 20.8. The molecule has 59 heavy (non-hydrogen) atoms. The zero-order valence-electron chi connectivity index (χ0n) is 35.7. The van der Waals surface area contributed by atoms with Crippen LogP contribution in [0.15, 0.2) is 97.5 Å². The van der Waals surface area contributed by atoms with Gasteiger partial charge in [-0.1, -0.05) is 12.1 Å². The summed E-state index contributed by atoms with van der Waals surface area (Å²) in [5.41, 5.74) is 10.4. The van der Waals surface area contributed by atoms with Crippen molar-refractivity contribution in [2.75, 3.05) is 25.0 Å². The van der Waals surface area contributed by atoms with Gasteiger partial charge in [-0.25, -0.2) is 15.0 Å². The molecule has 0 spiro atoms. The highest BCUT2D eigenvalue weighted by Crippen LogP contribution is 2.35. The van der Waals surface area contributed by atoms with Crippen LogP contribution in [0, 0.1) is 6.92 Å². The predicted molar refractivity (Wildman–Crippen MR) is 243 cm³/mol. The highest BCUT2D eigenvalue weighted by molar-refractivity contribution is 5.91. The third-order valence-corrected chi connectivity index (χ3v) is 12.3. The van der Waals surface area contributed by atoms with E-state index in [0.29, 0.717) is 12.0 Å². The Balaban J connectivity index is 0.000000156. The molecule has 0 radical (unpaired) electrons. The van der Waals surface area contributed by atoms with E-state index in [1.54, 1.807) is 0 Å². The number of pyridine rings is 1. The van der Waals surface area contributed by atoms with E-state index >= 15 is 0 Å². The Morgan fingerprint density at radius 2 is 1.32 bits per heavy atom. The van der Waals surface area contributed by atoms with Gasteiger partial charge in [0.25, 0.3) is 0 Å². The normalized spacial score (nSPS) is 17.1. The van der Waals surface area contributed by atoms with E-state index in [4.69, 9.17) is 9.97 Å². The Kier molecular flexibility index (Phi) is 9.96. The van der Waals surface area contributed by atoms with Gasteiger partial charge in [-0.15, -0.1) is 0 Å². The Hall–Kier alpha value is -5.71. The number of piperidine rings is 2. The Bertz CT molecular complexity index is 2810. The van der Waals surface area contributed by atoms with E-state index in [9.17, 15) is 0 Å². The summed E-state index contributed by atoms with van der Waals surface area (Å²) in [4.78, 5) is 16.8. The molecule has 10 rings (SSSR count). The largest absolute Gasteiger partial charge is 0.357 e. The molecule has 2 N–H and O–H groups in total. The predicted octanol–water partition coefficient (Wildman–Crippen LogP) is 9.49. The van der Waals surface area contributed by atoms with Crippen LogP contribution in [0.1, 0.15) is 70.4 Å². The molecule has 0 amide bonds. The molecule has 0 saturated carbocycles. The van der Waals surface area contributed by atoms with Crippen LogP contribution in [0.2, 0.25) is 0 Å². The molecule has 4 aromatic heterocycles. The van der Waals surface area contributed by atoms with Gasteiger partial charge in [0.05, 0.1) is 22.1 Å².